The van der Waals surface area contributed by atoms with Crippen LogP contribution in [-0.4, -0.2) is 7.11 Å². The van der Waals surface area contributed by atoms with Crippen molar-refractivity contribution in [1.29, 1.82) is 0 Å². The summed E-state index contributed by atoms with van der Waals surface area (Å²) in [4.78, 5) is 0. The smallest absolute Gasteiger partial charge is 0.126 e. The highest BCUT2D eigenvalue weighted by Crippen LogP contribution is 2.41. The fourth-order valence-electron chi connectivity index (χ4n) is 2.32. The van der Waals surface area contributed by atoms with Crippen LogP contribution in [0.1, 0.15) is 11.1 Å². The fourth-order valence-corrected chi connectivity index (χ4v) is 2.32. The fraction of sp³-hybridized carbons (Fsp3) is 0.143. The van der Waals surface area contributed by atoms with E-state index in [4.69, 9.17) is 4.74 Å². The number of rotatable bonds is 1. The van der Waals surface area contributed by atoms with Crippen LogP contribution in [0.4, 0.5) is 0 Å². The zero-order valence-electron chi connectivity index (χ0n) is 8.66. The monoisotopic (exact) mass is 196 g/mol. The number of ether oxygens (including phenoxy) is 1. The molecular weight excluding hydrogens is 184 g/mol. The first-order valence-electron chi connectivity index (χ1n) is 5.14. The first-order valence-corrected chi connectivity index (χ1v) is 5.14. The zero-order chi connectivity index (χ0) is 10.3. The van der Waals surface area contributed by atoms with Gasteiger partial charge in [-0.15, -0.1) is 0 Å². The minimum absolute atomic E-state index is 0.984. The van der Waals surface area contributed by atoms with Crippen molar-refractivity contribution in [2.45, 2.75) is 6.42 Å². The topological polar surface area (TPSA) is 9.23 Å². The Hall–Kier alpha value is -1.76. The summed E-state index contributed by atoms with van der Waals surface area (Å²) in [5.74, 6) is 0.984. The van der Waals surface area contributed by atoms with Crippen LogP contribution >= 0.6 is 0 Å². The van der Waals surface area contributed by atoms with E-state index in [0.717, 1.165) is 12.2 Å². The molecule has 0 saturated carbocycles. The predicted molar refractivity (Wildman–Crippen MR) is 61.2 cm³/mol. The molecule has 0 aliphatic heterocycles. The van der Waals surface area contributed by atoms with Crippen molar-refractivity contribution in [3.63, 3.8) is 0 Å². The lowest BCUT2D eigenvalue weighted by atomic mass is 10.1. The summed E-state index contributed by atoms with van der Waals surface area (Å²) in [5, 5.41) is 0. The summed E-state index contributed by atoms with van der Waals surface area (Å²) >= 11 is 0. The molecule has 1 aliphatic rings. The molecule has 1 nitrogen and oxygen atoms in total. The van der Waals surface area contributed by atoms with E-state index in [1.807, 2.05) is 6.07 Å². The van der Waals surface area contributed by atoms with Crippen LogP contribution in [0.2, 0.25) is 0 Å². The molecule has 0 radical (unpaired) electrons. The highest BCUT2D eigenvalue weighted by Gasteiger charge is 2.20. The zero-order valence-corrected chi connectivity index (χ0v) is 8.66. The third-order valence-corrected chi connectivity index (χ3v) is 3.00. The molecule has 15 heavy (non-hydrogen) atoms. The van der Waals surface area contributed by atoms with Gasteiger partial charge in [0.05, 0.1) is 7.11 Å². The minimum atomic E-state index is 0.984. The molecule has 0 atom stereocenters. The number of methoxy groups -OCH3 is 1. The molecule has 0 unspecified atom stereocenters. The van der Waals surface area contributed by atoms with E-state index in [1.165, 1.54) is 22.3 Å². The summed E-state index contributed by atoms with van der Waals surface area (Å²) in [6.45, 7) is 0. The van der Waals surface area contributed by atoms with Gasteiger partial charge < -0.3 is 4.74 Å². The van der Waals surface area contributed by atoms with Crippen molar-refractivity contribution in [2.24, 2.45) is 0 Å². The number of benzene rings is 2. The number of hydrogen-bond donors (Lipinski definition) is 0. The molecular formula is C14H12O. The Morgan fingerprint density at radius 3 is 2.60 bits per heavy atom. The van der Waals surface area contributed by atoms with Gasteiger partial charge >= 0.3 is 0 Å². The number of fused-ring (bicyclic) bond motifs is 3. The maximum atomic E-state index is 5.41. The molecule has 2 aromatic carbocycles. The highest BCUT2D eigenvalue weighted by molar-refractivity contribution is 5.81. The maximum Gasteiger partial charge on any atom is 0.126 e. The van der Waals surface area contributed by atoms with Crippen LogP contribution < -0.4 is 4.74 Å². The average molecular weight is 196 g/mol. The summed E-state index contributed by atoms with van der Waals surface area (Å²) in [6, 6.07) is 14.8. The molecule has 0 aromatic heterocycles. The molecule has 1 heteroatoms. The van der Waals surface area contributed by atoms with Crippen LogP contribution in [0.25, 0.3) is 11.1 Å². The molecule has 0 fully saturated rings. The summed E-state index contributed by atoms with van der Waals surface area (Å²) in [7, 11) is 1.73. The Kier molecular flexibility index (Phi) is 1.78. The molecule has 74 valence electrons. The molecule has 0 spiro atoms. The predicted octanol–water partition coefficient (Wildman–Crippen LogP) is 3.27. The number of hydrogen-bond acceptors (Lipinski definition) is 1. The van der Waals surface area contributed by atoms with Crippen LogP contribution in [0.5, 0.6) is 5.75 Å². The Labute approximate surface area is 89.3 Å². The van der Waals surface area contributed by atoms with E-state index in [1.54, 1.807) is 7.11 Å². The second-order valence-corrected chi connectivity index (χ2v) is 3.83. The van der Waals surface area contributed by atoms with E-state index in [0.29, 0.717) is 0 Å². The lowest BCUT2D eigenvalue weighted by Gasteiger charge is -2.07. The van der Waals surface area contributed by atoms with Crippen molar-refractivity contribution >= 4 is 0 Å². The summed E-state index contributed by atoms with van der Waals surface area (Å²) in [5.41, 5.74) is 5.37. The molecule has 3 rings (SSSR count). The molecule has 2 aromatic rings. The summed E-state index contributed by atoms with van der Waals surface area (Å²) < 4.78 is 5.41. The van der Waals surface area contributed by atoms with Gasteiger partial charge in [0.1, 0.15) is 5.75 Å². The Balaban J connectivity index is 2.30. The van der Waals surface area contributed by atoms with Gasteiger partial charge in [-0.05, 0) is 29.2 Å². The Bertz CT molecular complexity index is 514. The minimum Gasteiger partial charge on any atom is -0.496 e. The lowest BCUT2D eigenvalue weighted by Crippen LogP contribution is -1.87. The normalized spacial score (nSPS) is 12.1. The van der Waals surface area contributed by atoms with E-state index >= 15 is 0 Å². The van der Waals surface area contributed by atoms with Crippen molar-refractivity contribution in [3.05, 3.63) is 53.6 Å². The van der Waals surface area contributed by atoms with Crippen molar-refractivity contribution in [1.82, 2.24) is 0 Å². The third kappa shape index (κ3) is 1.16. The van der Waals surface area contributed by atoms with Crippen LogP contribution in [0, 0.1) is 0 Å². The van der Waals surface area contributed by atoms with E-state index in [-0.39, 0.29) is 0 Å². The largest absolute Gasteiger partial charge is 0.496 e. The van der Waals surface area contributed by atoms with Gasteiger partial charge in [-0.2, -0.15) is 0 Å². The van der Waals surface area contributed by atoms with Crippen molar-refractivity contribution < 1.29 is 4.74 Å². The van der Waals surface area contributed by atoms with Gasteiger partial charge in [0.25, 0.3) is 0 Å². The SMILES string of the molecule is COc1cccc2c1-c1ccccc1C2. The quantitative estimate of drug-likeness (QED) is 0.580. The standard InChI is InChI=1S/C14H12O/c1-15-13-8-4-6-11-9-10-5-2-3-7-12(10)14(11)13/h2-8H,9H2,1H3. The van der Waals surface area contributed by atoms with Gasteiger partial charge in [0, 0.05) is 5.56 Å². The molecule has 0 amide bonds. The highest BCUT2D eigenvalue weighted by atomic mass is 16.5. The van der Waals surface area contributed by atoms with E-state index < -0.39 is 0 Å². The van der Waals surface area contributed by atoms with Crippen molar-refractivity contribution in [3.8, 4) is 16.9 Å². The van der Waals surface area contributed by atoms with Gasteiger partial charge in [0.2, 0.25) is 0 Å². The average Bonchev–Trinajstić information content (AvgIpc) is 2.67. The van der Waals surface area contributed by atoms with Gasteiger partial charge in [-0.25, -0.2) is 0 Å². The van der Waals surface area contributed by atoms with E-state index in [9.17, 15) is 0 Å². The van der Waals surface area contributed by atoms with Gasteiger partial charge in [-0.1, -0.05) is 36.4 Å². The Morgan fingerprint density at radius 1 is 0.933 bits per heavy atom. The Morgan fingerprint density at radius 2 is 1.73 bits per heavy atom. The molecule has 0 bridgehead atoms. The maximum absolute atomic E-state index is 5.41. The second-order valence-electron chi connectivity index (χ2n) is 3.83. The second kappa shape index (κ2) is 3.13. The van der Waals surface area contributed by atoms with Crippen molar-refractivity contribution in [2.75, 3.05) is 7.11 Å². The summed E-state index contributed by atoms with van der Waals surface area (Å²) in [6.07, 6.45) is 1.03. The molecule has 0 saturated heterocycles. The first kappa shape index (κ1) is 8.54. The van der Waals surface area contributed by atoms with E-state index in [2.05, 4.69) is 36.4 Å². The van der Waals surface area contributed by atoms with Gasteiger partial charge in [0.15, 0.2) is 0 Å². The molecule has 0 heterocycles. The molecule has 1 aliphatic carbocycles. The van der Waals surface area contributed by atoms with Crippen LogP contribution in [0.3, 0.4) is 0 Å². The third-order valence-electron chi connectivity index (χ3n) is 3.00. The molecule has 0 N–H and O–H groups in total. The van der Waals surface area contributed by atoms with Crippen LogP contribution in [-0.2, 0) is 6.42 Å². The van der Waals surface area contributed by atoms with Crippen LogP contribution in [0.15, 0.2) is 42.5 Å². The lowest BCUT2D eigenvalue weighted by molar-refractivity contribution is 0.416. The first-order chi connectivity index (χ1) is 7.40. The van der Waals surface area contributed by atoms with Gasteiger partial charge in [-0.3, -0.25) is 0 Å².